The first kappa shape index (κ1) is 8.41. The Labute approximate surface area is 79.9 Å². The summed E-state index contributed by atoms with van der Waals surface area (Å²) in [5, 5.41) is 0. The van der Waals surface area contributed by atoms with E-state index < -0.39 is 0 Å². The lowest BCUT2D eigenvalue weighted by Gasteiger charge is -1.92. The molecule has 11 heavy (non-hydrogen) atoms. The van der Waals surface area contributed by atoms with Gasteiger partial charge in [-0.15, -0.1) is 0 Å². The molecule has 0 aliphatic rings. The molecule has 0 unspecified atom stereocenters. The zero-order valence-corrected chi connectivity index (χ0v) is 8.04. The average molecular weight is 258 g/mol. The maximum Gasteiger partial charge on any atom is 0.140 e. The minimum Gasteiger partial charge on any atom is -0.408 e. The van der Waals surface area contributed by atoms with Crippen LogP contribution in [0.25, 0.3) is 0 Å². The van der Waals surface area contributed by atoms with Crippen LogP contribution in [0, 0.1) is 12.0 Å². The molecule has 2 heteroatoms. The molecule has 1 aromatic rings. The van der Waals surface area contributed by atoms with Crippen molar-refractivity contribution in [3.63, 3.8) is 0 Å². The first-order valence-electron chi connectivity index (χ1n) is 3.19. The highest BCUT2D eigenvalue weighted by Crippen LogP contribution is 2.06. The van der Waals surface area contributed by atoms with Crippen LogP contribution in [0.3, 0.4) is 0 Å². The van der Waals surface area contributed by atoms with Crippen molar-refractivity contribution in [3.8, 4) is 17.8 Å². The van der Waals surface area contributed by atoms with Gasteiger partial charge in [0.05, 0.1) is 4.43 Å². The fourth-order valence-corrected chi connectivity index (χ4v) is 0.767. The van der Waals surface area contributed by atoms with Crippen molar-refractivity contribution in [2.24, 2.45) is 0 Å². The van der Waals surface area contributed by atoms with Gasteiger partial charge in [-0.05, 0) is 18.1 Å². The molecule has 0 heterocycles. The van der Waals surface area contributed by atoms with Crippen molar-refractivity contribution in [3.05, 3.63) is 30.3 Å². The zero-order valence-electron chi connectivity index (χ0n) is 5.88. The number of ether oxygens (including phenoxy) is 1. The number of rotatable bonds is 1. The highest BCUT2D eigenvalue weighted by molar-refractivity contribution is 14.1. The van der Waals surface area contributed by atoms with Crippen LogP contribution < -0.4 is 4.74 Å². The fourth-order valence-electron chi connectivity index (χ4n) is 0.611. The van der Waals surface area contributed by atoms with E-state index in [1.807, 2.05) is 30.3 Å². The Morgan fingerprint density at radius 1 is 1.27 bits per heavy atom. The standard InChI is InChI=1S/C9H7IO/c10-7-4-8-11-9-5-2-1-3-6-9/h1-3,5-6H,7H2. The van der Waals surface area contributed by atoms with Gasteiger partial charge in [0.15, 0.2) is 0 Å². The first-order chi connectivity index (χ1) is 5.43. The van der Waals surface area contributed by atoms with Crippen LogP contribution >= 0.6 is 22.6 Å². The molecule has 0 bridgehead atoms. The van der Waals surface area contributed by atoms with Crippen LogP contribution in [0.2, 0.25) is 0 Å². The van der Waals surface area contributed by atoms with E-state index in [-0.39, 0.29) is 0 Å². The molecule has 0 fully saturated rings. The first-order valence-corrected chi connectivity index (χ1v) is 4.72. The van der Waals surface area contributed by atoms with Gasteiger partial charge in [-0.1, -0.05) is 40.8 Å². The van der Waals surface area contributed by atoms with Crippen molar-refractivity contribution >= 4 is 22.6 Å². The highest BCUT2D eigenvalue weighted by Gasteiger charge is 1.84. The minimum atomic E-state index is 0.796. The van der Waals surface area contributed by atoms with E-state index in [1.165, 1.54) is 0 Å². The molecule has 1 nitrogen and oxygen atoms in total. The van der Waals surface area contributed by atoms with E-state index in [1.54, 1.807) is 0 Å². The van der Waals surface area contributed by atoms with E-state index >= 15 is 0 Å². The molecule has 1 aromatic carbocycles. The topological polar surface area (TPSA) is 9.23 Å². The van der Waals surface area contributed by atoms with E-state index in [9.17, 15) is 0 Å². The van der Waals surface area contributed by atoms with Crippen LogP contribution in [-0.2, 0) is 0 Å². The van der Waals surface area contributed by atoms with Crippen LogP contribution in [0.5, 0.6) is 5.75 Å². The van der Waals surface area contributed by atoms with Gasteiger partial charge in [0, 0.05) is 0 Å². The third kappa shape index (κ3) is 3.28. The Morgan fingerprint density at radius 3 is 2.64 bits per heavy atom. The predicted molar refractivity (Wildman–Crippen MR) is 53.7 cm³/mol. The van der Waals surface area contributed by atoms with Crippen molar-refractivity contribution in [1.82, 2.24) is 0 Å². The van der Waals surface area contributed by atoms with Crippen LogP contribution in [0.15, 0.2) is 30.3 Å². The summed E-state index contributed by atoms with van der Waals surface area (Å²) in [6.45, 7) is 0. The molecule has 56 valence electrons. The summed E-state index contributed by atoms with van der Waals surface area (Å²) in [4.78, 5) is 0. The quantitative estimate of drug-likeness (QED) is 0.427. The zero-order chi connectivity index (χ0) is 7.94. The lowest BCUT2D eigenvalue weighted by atomic mass is 10.3. The smallest absolute Gasteiger partial charge is 0.140 e. The normalized spacial score (nSPS) is 8.09. The monoisotopic (exact) mass is 258 g/mol. The second kappa shape index (κ2) is 5.03. The van der Waals surface area contributed by atoms with Crippen molar-refractivity contribution in [2.45, 2.75) is 0 Å². The SMILES string of the molecule is ICC#COc1ccccc1. The fraction of sp³-hybridized carbons (Fsp3) is 0.111. The maximum absolute atomic E-state index is 5.08. The molecule has 0 saturated heterocycles. The number of para-hydroxylation sites is 1. The van der Waals surface area contributed by atoms with Gasteiger partial charge in [0.2, 0.25) is 0 Å². The highest BCUT2D eigenvalue weighted by atomic mass is 127. The average Bonchev–Trinajstić information content (AvgIpc) is 2.07. The molecule has 0 spiro atoms. The summed E-state index contributed by atoms with van der Waals surface area (Å²) in [5.41, 5.74) is 0. The number of halogens is 1. The lowest BCUT2D eigenvalue weighted by Crippen LogP contribution is -1.80. The number of hydrogen-bond donors (Lipinski definition) is 0. The lowest BCUT2D eigenvalue weighted by molar-refractivity contribution is 0.519. The largest absolute Gasteiger partial charge is 0.408 e. The second-order valence-electron chi connectivity index (χ2n) is 1.83. The van der Waals surface area contributed by atoms with Gasteiger partial charge in [0.1, 0.15) is 11.9 Å². The molecule has 0 saturated carbocycles. The van der Waals surface area contributed by atoms with Crippen LogP contribution in [0.4, 0.5) is 0 Å². The minimum absolute atomic E-state index is 0.796. The molecule has 0 radical (unpaired) electrons. The maximum atomic E-state index is 5.08. The molecule has 1 rings (SSSR count). The Kier molecular flexibility index (Phi) is 3.84. The van der Waals surface area contributed by atoms with E-state index in [0.29, 0.717) is 0 Å². The van der Waals surface area contributed by atoms with Gasteiger partial charge >= 0.3 is 0 Å². The summed E-state index contributed by atoms with van der Waals surface area (Å²) < 4.78 is 5.88. The number of benzene rings is 1. The third-order valence-corrected chi connectivity index (χ3v) is 1.43. The molecular weight excluding hydrogens is 251 g/mol. The molecule has 0 amide bonds. The van der Waals surface area contributed by atoms with Crippen LogP contribution in [0.1, 0.15) is 0 Å². The summed E-state index contributed by atoms with van der Waals surface area (Å²) in [6.07, 6.45) is 2.59. The Balaban J connectivity index is 2.52. The summed E-state index contributed by atoms with van der Waals surface area (Å²) in [7, 11) is 0. The van der Waals surface area contributed by atoms with Gasteiger partial charge in [-0.2, -0.15) is 0 Å². The molecular formula is C9H7IO. The third-order valence-electron chi connectivity index (χ3n) is 1.05. The molecule has 0 atom stereocenters. The van der Waals surface area contributed by atoms with Gasteiger partial charge in [-0.3, -0.25) is 0 Å². The van der Waals surface area contributed by atoms with E-state index in [0.717, 1.165) is 10.2 Å². The van der Waals surface area contributed by atoms with Crippen LogP contribution in [-0.4, -0.2) is 4.43 Å². The second-order valence-corrected chi connectivity index (χ2v) is 2.59. The van der Waals surface area contributed by atoms with Crippen molar-refractivity contribution < 1.29 is 4.74 Å². The summed E-state index contributed by atoms with van der Waals surface area (Å²) >= 11 is 2.18. The Morgan fingerprint density at radius 2 is 2.00 bits per heavy atom. The molecule has 0 aliphatic heterocycles. The Bertz CT molecular complexity index is 258. The van der Waals surface area contributed by atoms with E-state index in [2.05, 4.69) is 34.6 Å². The van der Waals surface area contributed by atoms with Crippen molar-refractivity contribution in [1.29, 1.82) is 0 Å². The summed E-state index contributed by atoms with van der Waals surface area (Å²) in [5.74, 6) is 3.61. The molecule has 0 aliphatic carbocycles. The van der Waals surface area contributed by atoms with Crippen molar-refractivity contribution in [2.75, 3.05) is 4.43 Å². The Hall–Kier alpha value is -0.690. The van der Waals surface area contributed by atoms with Gasteiger partial charge in [-0.25, -0.2) is 0 Å². The predicted octanol–water partition coefficient (Wildman–Crippen LogP) is 2.46. The number of alkyl halides is 1. The molecule has 0 aromatic heterocycles. The van der Waals surface area contributed by atoms with Gasteiger partial charge < -0.3 is 4.74 Å². The molecule has 0 N–H and O–H groups in total. The number of hydrogen-bond acceptors (Lipinski definition) is 1. The summed E-state index contributed by atoms with van der Waals surface area (Å²) in [6, 6.07) is 9.53. The van der Waals surface area contributed by atoms with E-state index in [4.69, 9.17) is 4.74 Å². The van der Waals surface area contributed by atoms with Gasteiger partial charge in [0.25, 0.3) is 0 Å².